The molecule has 0 radical (unpaired) electrons. The molecule has 3 aromatic rings. The number of nitrogens with zero attached hydrogens (tertiary/aromatic N) is 3. The van der Waals surface area contributed by atoms with Crippen LogP contribution in [-0.2, 0) is 11.3 Å². The summed E-state index contributed by atoms with van der Waals surface area (Å²) in [4.78, 5) is 41.9. The molecular weight excluding hydrogens is 527 g/mol. The highest BCUT2D eigenvalue weighted by molar-refractivity contribution is 5.98. The third-order valence-electron chi connectivity index (χ3n) is 9.84. The number of hydrogen-bond donors (Lipinski definition) is 3. The summed E-state index contributed by atoms with van der Waals surface area (Å²) in [6.45, 7) is 0.588. The first-order valence-electron chi connectivity index (χ1n) is 14.6. The molecule has 214 valence electrons. The van der Waals surface area contributed by atoms with E-state index in [0.717, 1.165) is 46.9 Å². The molecule has 3 amide bonds. The highest BCUT2D eigenvalue weighted by atomic mass is 19.1. The normalized spacial score (nSPS) is 25.9. The lowest BCUT2D eigenvalue weighted by molar-refractivity contribution is -0.179. The number of hydrogen-bond acceptors (Lipinski definition) is 6. The van der Waals surface area contributed by atoms with Gasteiger partial charge >= 0.3 is 0 Å². The molecular formula is C30H33FN6O4. The average molecular weight is 561 g/mol. The molecule has 1 aromatic carbocycles. The molecule has 3 fully saturated rings. The van der Waals surface area contributed by atoms with Crippen molar-refractivity contribution in [2.24, 2.45) is 23.2 Å². The van der Waals surface area contributed by atoms with Crippen molar-refractivity contribution >= 4 is 29.1 Å². The van der Waals surface area contributed by atoms with Crippen molar-refractivity contribution in [3.05, 3.63) is 53.2 Å². The first kappa shape index (κ1) is 25.9. The monoisotopic (exact) mass is 560 g/mol. The van der Waals surface area contributed by atoms with Crippen molar-refractivity contribution in [1.29, 1.82) is 0 Å². The Bertz CT molecular complexity index is 1560. The van der Waals surface area contributed by atoms with Gasteiger partial charge in [0, 0.05) is 19.2 Å². The first-order chi connectivity index (χ1) is 19.9. The minimum Gasteiger partial charge on any atom is -0.482 e. The van der Waals surface area contributed by atoms with Gasteiger partial charge in [0.1, 0.15) is 17.1 Å². The van der Waals surface area contributed by atoms with E-state index in [1.165, 1.54) is 44.6 Å². The van der Waals surface area contributed by atoms with E-state index in [1.54, 1.807) is 18.2 Å². The van der Waals surface area contributed by atoms with E-state index in [2.05, 4.69) is 26.0 Å². The molecule has 2 aromatic heterocycles. The molecule has 7 rings (SSSR count). The van der Waals surface area contributed by atoms with Crippen molar-refractivity contribution < 1.29 is 23.5 Å². The second-order valence-electron chi connectivity index (χ2n) is 12.1. The van der Waals surface area contributed by atoms with E-state index in [4.69, 9.17) is 4.74 Å². The lowest BCUT2D eigenvalue weighted by atomic mass is 9.37. The minimum absolute atomic E-state index is 0.0415. The maximum Gasteiger partial charge on any atom is 0.270 e. The summed E-state index contributed by atoms with van der Waals surface area (Å²) in [5.74, 6) is 1.24. The molecule has 4 atom stereocenters. The Labute approximate surface area is 236 Å². The lowest BCUT2D eigenvalue weighted by Crippen LogP contribution is -2.59. The second kappa shape index (κ2) is 10.1. The van der Waals surface area contributed by atoms with E-state index in [0.29, 0.717) is 23.4 Å². The maximum atomic E-state index is 14.5. The number of nitrogens with one attached hydrogen (secondary N) is 3. The zero-order valence-electron chi connectivity index (χ0n) is 22.7. The predicted molar refractivity (Wildman–Crippen MR) is 147 cm³/mol. The number of aromatic nitrogens is 3. The van der Waals surface area contributed by atoms with Crippen LogP contribution in [-0.4, -0.2) is 45.5 Å². The second-order valence-corrected chi connectivity index (χ2v) is 12.1. The topological polar surface area (TPSA) is 127 Å². The van der Waals surface area contributed by atoms with Crippen molar-refractivity contribution in [3.8, 4) is 5.75 Å². The van der Waals surface area contributed by atoms with Crippen LogP contribution in [0.5, 0.6) is 5.75 Å². The summed E-state index contributed by atoms with van der Waals surface area (Å²) in [5, 5.41) is 12.4. The molecule has 3 N–H and O–H groups in total. The fourth-order valence-electron chi connectivity index (χ4n) is 7.60. The van der Waals surface area contributed by atoms with E-state index in [9.17, 15) is 18.8 Å². The first-order valence-corrected chi connectivity index (χ1v) is 14.6. The summed E-state index contributed by atoms with van der Waals surface area (Å²) < 4.78 is 20.9. The smallest absolute Gasteiger partial charge is 0.270 e. The Morgan fingerprint density at radius 1 is 1.15 bits per heavy atom. The Balaban J connectivity index is 0.981. The van der Waals surface area contributed by atoms with Crippen LogP contribution in [0.15, 0.2) is 30.5 Å². The SMILES string of the molecule is O=C1COc2ccc(CNC(=O)c3cc(C(=O)NCCCC4CCC5C[C@H]6CCC56C4)n4ncc(F)c4n3)cc2N1. The molecule has 3 saturated carbocycles. The molecule has 41 heavy (non-hydrogen) atoms. The summed E-state index contributed by atoms with van der Waals surface area (Å²) >= 11 is 0. The third-order valence-corrected chi connectivity index (χ3v) is 9.84. The Morgan fingerprint density at radius 3 is 2.85 bits per heavy atom. The lowest BCUT2D eigenvalue weighted by Gasteiger charge is -2.68. The summed E-state index contributed by atoms with van der Waals surface area (Å²) in [6, 6.07) is 6.53. The largest absolute Gasteiger partial charge is 0.482 e. The molecule has 4 aliphatic rings. The number of fused-ring (bicyclic) bond motifs is 2. The van der Waals surface area contributed by atoms with Gasteiger partial charge in [0.2, 0.25) is 0 Å². The standard InChI is InChI=1S/C30H33FN6O4/c31-21-15-34-37-24(29(40)32-9-1-2-17-3-5-19-11-20-7-8-30(19,20)13-17)12-23(36-27(21)37)28(39)33-14-18-4-6-25-22(10-18)35-26(38)16-41-25/h4,6,10,12,15,17,19-20H,1-3,5,7-9,11,13-14,16H2,(H,32,40)(H,33,39)(H,35,38)/t17?,19?,20-,30?/m1/s1. The van der Waals surface area contributed by atoms with Crippen molar-refractivity contribution in [2.45, 2.75) is 57.9 Å². The van der Waals surface area contributed by atoms with Gasteiger partial charge in [0.05, 0.1) is 11.9 Å². The number of carbonyl (C=O) groups is 3. The van der Waals surface area contributed by atoms with Gasteiger partial charge in [-0.2, -0.15) is 5.10 Å². The molecule has 3 heterocycles. The summed E-state index contributed by atoms with van der Waals surface area (Å²) in [6.07, 6.45) is 11.2. The van der Waals surface area contributed by atoms with E-state index >= 15 is 0 Å². The molecule has 0 saturated heterocycles. The quantitative estimate of drug-likeness (QED) is 0.359. The van der Waals surface area contributed by atoms with Gasteiger partial charge < -0.3 is 20.7 Å². The number of carbonyl (C=O) groups excluding carboxylic acids is 3. The van der Waals surface area contributed by atoms with Crippen LogP contribution in [0.4, 0.5) is 10.1 Å². The highest BCUT2D eigenvalue weighted by Crippen LogP contribution is 2.71. The number of amides is 3. The molecule has 3 aliphatic carbocycles. The van der Waals surface area contributed by atoms with Crippen LogP contribution in [0.1, 0.15) is 77.9 Å². The van der Waals surface area contributed by atoms with Crippen LogP contribution >= 0.6 is 0 Å². The molecule has 1 aliphatic heterocycles. The maximum absolute atomic E-state index is 14.5. The van der Waals surface area contributed by atoms with Gasteiger partial charge in [0.25, 0.3) is 17.7 Å². The van der Waals surface area contributed by atoms with Crippen LogP contribution < -0.4 is 20.7 Å². The van der Waals surface area contributed by atoms with Crippen LogP contribution in [0.25, 0.3) is 5.65 Å². The zero-order valence-corrected chi connectivity index (χ0v) is 22.7. The molecule has 3 unspecified atom stereocenters. The molecule has 0 bridgehead atoms. The van der Waals surface area contributed by atoms with Crippen molar-refractivity contribution in [3.63, 3.8) is 0 Å². The fraction of sp³-hybridized carbons (Fsp3) is 0.500. The number of rotatable bonds is 8. The van der Waals surface area contributed by atoms with Crippen LogP contribution in [0.2, 0.25) is 0 Å². The molecule has 11 heteroatoms. The number of anilines is 1. The minimum atomic E-state index is -0.723. The van der Waals surface area contributed by atoms with Gasteiger partial charge in [-0.15, -0.1) is 0 Å². The predicted octanol–water partition coefficient (Wildman–Crippen LogP) is 3.86. The number of benzene rings is 1. The van der Waals surface area contributed by atoms with Gasteiger partial charge in [0.15, 0.2) is 18.1 Å². The van der Waals surface area contributed by atoms with Crippen molar-refractivity contribution in [1.82, 2.24) is 25.2 Å². The van der Waals surface area contributed by atoms with E-state index in [1.807, 2.05) is 0 Å². The van der Waals surface area contributed by atoms with Crippen LogP contribution in [0, 0.1) is 29.0 Å². The highest BCUT2D eigenvalue weighted by Gasteiger charge is 2.61. The molecule has 1 spiro atoms. The Morgan fingerprint density at radius 2 is 2.02 bits per heavy atom. The fourth-order valence-corrected chi connectivity index (χ4v) is 7.60. The summed E-state index contributed by atoms with van der Waals surface area (Å²) in [5.41, 5.74) is 1.65. The zero-order chi connectivity index (χ0) is 28.1. The van der Waals surface area contributed by atoms with Gasteiger partial charge in [-0.1, -0.05) is 12.5 Å². The molecule has 10 nitrogen and oxygen atoms in total. The average Bonchev–Trinajstić information content (AvgIpc) is 3.36. The Kier molecular flexibility index (Phi) is 6.39. The Hall–Kier alpha value is -4.02. The summed E-state index contributed by atoms with van der Waals surface area (Å²) in [7, 11) is 0. The van der Waals surface area contributed by atoms with Crippen molar-refractivity contribution in [2.75, 3.05) is 18.5 Å². The number of halogens is 1. The van der Waals surface area contributed by atoms with Gasteiger partial charge in [-0.25, -0.2) is 13.9 Å². The van der Waals surface area contributed by atoms with E-state index < -0.39 is 17.6 Å². The number of ether oxygens (including phenoxy) is 1. The van der Waals surface area contributed by atoms with E-state index in [-0.39, 0.29) is 36.1 Å². The van der Waals surface area contributed by atoms with Crippen LogP contribution in [0.3, 0.4) is 0 Å². The van der Waals surface area contributed by atoms with Gasteiger partial charge in [-0.05, 0) is 85.8 Å². The third kappa shape index (κ3) is 4.61. The van der Waals surface area contributed by atoms with Gasteiger partial charge in [-0.3, -0.25) is 14.4 Å².